The van der Waals surface area contributed by atoms with Gasteiger partial charge in [-0.25, -0.2) is 4.79 Å². The second-order valence-corrected chi connectivity index (χ2v) is 6.82. The topological polar surface area (TPSA) is 57.3 Å². The largest absolute Gasteiger partial charge is 0.510 e. The van der Waals surface area contributed by atoms with Crippen molar-refractivity contribution in [3.63, 3.8) is 0 Å². The second-order valence-electron chi connectivity index (χ2n) is 6.82. The molecule has 5 heteroatoms. The fourth-order valence-corrected chi connectivity index (χ4v) is 3.36. The van der Waals surface area contributed by atoms with Crippen molar-refractivity contribution in [3.05, 3.63) is 0 Å². The summed E-state index contributed by atoms with van der Waals surface area (Å²) in [5.41, 5.74) is 0. The van der Waals surface area contributed by atoms with Crippen LogP contribution in [-0.2, 0) is 18.9 Å². The molecule has 2 fully saturated rings. The molecule has 1 unspecified atom stereocenters. The Balaban J connectivity index is 1.33. The summed E-state index contributed by atoms with van der Waals surface area (Å²) in [7, 11) is 1.30. The first-order valence-corrected chi connectivity index (χ1v) is 9.23. The molecule has 5 nitrogen and oxygen atoms in total. The molecule has 0 aromatic heterocycles. The molecule has 23 heavy (non-hydrogen) atoms. The number of carbonyl (C=O) groups excluding carboxylic acids is 1. The van der Waals surface area contributed by atoms with Gasteiger partial charge in [-0.05, 0) is 18.8 Å². The fourth-order valence-electron chi connectivity index (χ4n) is 3.36. The van der Waals surface area contributed by atoms with E-state index in [1.54, 1.807) is 0 Å². The summed E-state index contributed by atoms with van der Waals surface area (Å²) in [6.45, 7) is 1.98. The molecule has 2 aliphatic rings. The number of ether oxygens (including phenoxy) is 4. The van der Waals surface area contributed by atoms with E-state index in [0.29, 0.717) is 19.6 Å². The van der Waals surface area contributed by atoms with Crippen LogP contribution < -0.4 is 0 Å². The van der Waals surface area contributed by atoms with Crippen LogP contribution in [0.25, 0.3) is 0 Å². The first-order valence-electron chi connectivity index (χ1n) is 9.23. The van der Waals surface area contributed by atoms with Crippen molar-refractivity contribution in [1.29, 1.82) is 0 Å². The third-order valence-electron chi connectivity index (χ3n) is 4.87. The molecule has 1 atom stereocenters. The Morgan fingerprint density at radius 1 is 1.09 bits per heavy atom. The average Bonchev–Trinajstić information content (AvgIpc) is 3.10. The third-order valence-corrected chi connectivity index (χ3v) is 4.87. The molecule has 0 amide bonds. The van der Waals surface area contributed by atoms with Gasteiger partial charge < -0.3 is 18.9 Å². The predicted octanol–water partition coefficient (Wildman–Crippen LogP) is 4.43. The van der Waals surface area contributed by atoms with Crippen LogP contribution in [0.4, 0.5) is 4.79 Å². The molecular weight excluding hydrogens is 296 g/mol. The van der Waals surface area contributed by atoms with Gasteiger partial charge in [-0.2, -0.15) is 0 Å². The molecule has 1 heterocycles. The van der Waals surface area contributed by atoms with Crippen molar-refractivity contribution in [1.82, 2.24) is 0 Å². The smallest absolute Gasteiger partial charge is 0.438 e. The first kappa shape index (κ1) is 18.5. The third kappa shape index (κ3) is 7.53. The van der Waals surface area contributed by atoms with Crippen LogP contribution in [0.15, 0.2) is 0 Å². The molecule has 1 saturated carbocycles. The highest BCUT2D eigenvalue weighted by molar-refractivity contribution is 5.60. The van der Waals surface area contributed by atoms with Crippen molar-refractivity contribution in [3.8, 4) is 0 Å². The van der Waals surface area contributed by atoms with E-state index in [0.717, 1.165) is 25.4 Å². The molecule has 0 radical (unpaired) electrons. The Morgan fingerprint density at radius 2 is 1.78 bits per heavy atom. The molecule has 1 saturated heterocycles. The van der Waals surface area contributed by atoms with E-state index in [1.807, 2.05) is 0 Å². The zero-order valence-corrected chi connectivity index (χ0v) is 14.5. The fraction of sp³-hybridized carbons (Fsp3) is 0.944. The highest BCUT2D eigenvalue weighted by Crippen LogP contribution is 2.34. The highest BCUT2D eigenvalue weighted by atomic mass is 16.8. The Labute approximate surface area is 140 Å². The van der Waals surface area contributed by atoms with Crippen molar-refractivity contribution < 1.29 is 23.7 Å². The minimum Gasteiger partial charge on any atom is -0.438 e. The Bertz CT molecular complexity index is 334. The van der Waals surface area contributed by atoms with Gasteiger partial charge in [0.1, 0.15) is 6.61 Å². The van der Waals surface area contributed by atoms with Crippen LogP contribution in [0.5, 0.6) is 0 Å². The van der Waals surface area contributed by atoms with Crippen LogP contribution >= 0.6 is 0 Å². The maximum Gasteiger partial charge on any atom is 0.510 e. The van der Waals surface area contributed by atoms with Crippen molar-refractivity contribution >= 4 is 6.16 Å². The molecular formula is C18H32O5. The number of unbranched alkanes of at least 4 members (excludes halogenated alkanes) is 3. The van der Waals surface area contributed by atoms with Crippen LogP contribution in [-0.4, -0.2) is 38.9 Å². The van der Waals surface area contributed by atoms with E-state index < -0.39 is 11.9 Å². The second kappa shape index (κ2) is 10.1. The normalized spacial score (nSPS) is 23.9. The lowest BCUT2D eigenvalue weighted by Crippen LogP contribution is -2.21. The van der Waals surface area contributed by atoms with Gasteiger partial charge >= 0.3 is 6.16 Å². The van der Waals surface area contributed by atoms with Gasteiger partial charge in [-0.1, -0.05) is 51.4 Å². The number of carbonyl (C=O) groups is 1. The van der Waals surface area contributed by atoms with Crippen LogP contribution in [0, 0.1) is 5.92 Å². The zero-order chi connectivity index (χ0) is 16.4. The maximum absolute atomic E-state index is 11.1. The van der Waals surface area contributed by atoms with E-state index in [4.69, 9.17) is 14.2 Å². The van der Waals surface area contributed by atoms with Crippen LogP contribution in [0.2, 0.25) is 0 Å². The molecule has 2 rings (SSSR count). The summed E-state index contributed by atoms with van der Waals surface area (Å²) in [4.78, 5) is 11.1. The standard InChI is InChI=1S/C18H32O5/c1-20-17(19)23-18(15-22-18)12-8-14-21-13-7-3-2-4-9-16-10-5-6-11-16/h16H,2-15H2,1H3. The lowest BCUT2D eigenvalue weighted by Gasteiger charge is -2.12. The number of hydrogen-bond donors (Lipinski definition) is 0. The predicted molar refractivity (Wildman–Crippen MR) is 87.3 cm³/mol. The molecule has 0 bridgehead atoms. The lowest BCUT2D eigenvalue weighted by molar-refractivity contribution is -0.0356. The summed E-state index contributed by atoms with van der Waals surface area (Å²) in [6.07, 6.45) is 13.2. The Kier molecular flexibility index (Phi) is 8.17. The maximum atomic E-state index is 11.1. The van der Waals surface area contributed by atoms with E-state index in [9.17, 15) is 4.79 Å². The number of epoxide rings is 1. The highest BCUT2D eigenvalue weighted by Gasteiger charge is 2.49. The molecule has 1 aliphatic heterocycles. The number of methoxy groups -OCH3 is 1. The molecule has 0 aromatic rings. The summed E-state index contributed by atoms with van der Waals surface area (Å²) < 4.78 is 20.4. The minimum atomic E-state index is -0.739. The van der Waals surface area contributed by atoms with Gasteiger partial charge in [0.2, 0.25) is 5.79 Å². The summed E-state index contributed by atoms with van der Waals surface area (Å²) >= 11 is 0. The van der Waals surface area contributed by atoms with Gasteiger partial charge in [-0.15, -0.1) is 0 Å². The Morgan fingerprint density at radius 3 is 2.48 bits per heavy atom. The number of hydrogen-bond acceptors (Lipinski definition) is 5. The van der Waals surface area contributed by atoms with Crippen LogP contribution in [0.3, 0.4) is 0 Å². The zero-order valence-electron chi connectivity index (χ0n) is 14.5. The SMILES string of the molecule is COC(=O)OC1(CCCOCCCCCCC2CCCC2)CO1. The Hall–Kier alpha value is -0.810. The van der Waals surface area contributed by atoms with E-state index in [-0.39, 0.29) is 0 Å². The number of rotatable bonds is 12. The lowest BCUT2D eigenvalue weighted by atomic mass is 9.99. The average molecular weight is 328 g/mol. The van der Waals surface area contributed by atoms with Gasteiger partial charge in [0.05, 0.1) is 7.11 Å². The van der Waals surface area contributed by atoms with E-state index >= 15 is 0 Å². The van der Waals surface area contributed by atoms with Gasteiger partial charge in [0.15, 0.2) is 0 Å². The molecule has 0 aromatic carbocycles. The van der Waals surface area contributed by atoms with Crippen LogP contribution in [0.1, 0.15) is 70.6 Å². The van der Waals surface area contributed by atoms with Crippen molar-refractivity contribution in [2.75, 3.05) is 26.9 Å². The molecule has 1 aliphatic carbocycles. The summed E-state index contributed by atoms with van der Waals surface area (Å²) in [5.74, 6) is 0.284. The minimum absolute atomic E-state index is 0.461. The summed E-state index contributed by atoms with van der Waals surface area (Å²) in [6, 6.07) is 0. The van der Waals surface area contributed by atoms with Crippen molar-refractivity contribution in [2.45, 2.75) is 76.4 Å². The van der Waals surface area contributed by atoms with E-state index in [1.165, 1.54) is 58.5 Å². The van der Waals surface area contributed by atoms with Gasteiger partial charge in [-0.3, -0.25) is 0 Å². The van der Waals surface area contributed by atoms with Crippen molar-refractivity contribution in [2.24, 2.45) is 5.92 Å². The quantitative estimate of drug-likeness (QED) is 0.301. The van der Waals surface area contributed by atoms with Gasteiger partial charge in [0.25, 0.3) is 0 Å². The van der Waals surface area contributed by atoms with Gasteiger partial charge in [0, 0.05) is 19.6 Å². The first-order chi connectivity index (χ1) is 11.2. The molecule has 0 N–H and O–H groups in total. The monoisotopic (exact) mass is 328 g/mol. The van der Waals surface area contributed by atoms with E-state index in [2.05, 4.69) is 4.74 Å². The summed E-state index contributed by atoms with van der Waals surface area (Å²) in [5, 5.41) is 0. The molecule has 0 spiro atoms. The molecule has 134 valence electrons.